The molecule has 31 heavy (non-hydrogen) atoms. The molecular weight excluding hydrogens is 406 g/mol. The number of hydrogen-bond acceptors (Lipinski definition) is 4. The zero-order valence-corrected chi connectivity index (χ0v) is 19.5. The molecule has 1 N–H and O–H groups in total. The van der Waals surface area contributed by atoms with E-state index < -0.39 is 0 Å². The monoisotopic (exact) mass is 439 g/mol. The Kier molecular flexibility index (Phi) is 7.52. The highest BCUT2D eigenvalue weighted by atomic mass is 35.5. The van der Waals surface area contributed by atoms with Gasteiger partial charge in [0.05, 0.1) is 23.8 Å². The molecule has 0 bridgehead atoms. The molecule has 0 amide bonds. The molecule has 1 saturated carbocycles. The van der Waals surface area contributed by atoms with Gasteiger partial charge in [-0.15, -0.1) is 0 Å². The van der Waals surface area contributed by atoms with E-state index in [4.69, 9.17) is 21.3 Å². The van der Waals surface area contributed by atoms with Crippen LogP contribution in [0.3, 0.4) is 0 Å². The van der Waals surface area contributed by atoms with Gasteiger partial charge in [0.2, 0.25) is 0 Å². The van der Waals surface area contributed by atoms with Crippen molar-refractivity contribution in [3.8, 4) is 5.75 Å². The van der Waals surface area contributed by atoms with Crippen LogP contribution in [0.15, 0.2) is 36.4 Å². The number of nitrogens with zero attached hydrogens (tertiary/aromatic N) is 2. The van der Waals surface area contributed by atoms with Gasteiger partial charge < -0.3 is 15.0 Å². The molecule has 166 valence electrons. The van der Waals surface area contributed by atoms with Crippen molar-refractivity contribution in [3.05, 3.63) is 41.4 Å². The lowest BCUT2D eigenvalue weighted by molar-refractivity contribution is 0.195. The smallest absolute Gasteiger partial charge is 0.119 e. The number of fused-ring (bicyclic) bond motifs is 2. The number of nitrogens with one attached hydrogen (secondary N) is 1. The zero-order chi connectivity index (χ0) is 21.6. The minimum Gasteiger partial charge on any atom is -0.497 e. The number of methoxy groups -OCH3 is 1. The molecule has 3 aromatic rings. The number of pyridine rings is 1. The molecule has 5 heteroatoms. The lowest BCUT2D eigenvalue weighted by Gasteiger charge is -2.29. The van der Waals surface area contributed by atoms with E-state index in [1.165, 1.54) is 45.1 Å². The highest BCUT2D eigenvalue weighted by Gasteiger charge is 2.21. The highest BCUT2D eigenvalue weighted by Crippen LogP contribution is 2.34. The van der Waals surface area contributed by atoms with Gasteiger partial charge in [0.25, 0.3) is 0 Å². The van der Waals surface area contributed by atoms with Crippen LogP contribution in [0, 0.1) is 0 Å². The predicted octanol–water partition coefficient (Wildman–Crippen LogP) is 6.90. The summed E-state index contributed by atoms with van der Waals surface area (Å²) >= 11 is 6.25. The van der Waals surface area contributed by atoms with Crippen molar-refractivity contribution in [2.75, 3.05) is 32.1 Å². The first-order chi connectivity index (χ1) is 15.2. The number of hydrogen-bond donors (Lipinski definition) is 1. The van der Waals surface area contributed by atoms with Gasteiger partial charge in [-0.05, 0) is 68.6 Å². The molecule has 4 rings (SSSR count). The van der Waals surface area contributed by atoms with Gasteiger partial charge >= 0.3 is 0 Å². The van der Waals surface area contributed by atoms with Crippen molar-refractivity contribution >= 4 is 39.1 Å². The van der Waals surface area contributed by atoms with Crippen molar-refractivity contribution in [3.63, 3.8) is 0 Å². The van der Waals surface area contributed by atoms with Gasteiger partial charge in [0, 0.05) is 34.9 Å². The first-order valence-electron chi connectivity index (χ1n) is 11.7. The predicted molar refractivity (Wildman–Crippen MR) is 133 cm³/mol. The minimum atomic E-state index is 0.710. The molecule has 0 saturated heterocycles. The van der Waals surface area contributed by atoms with Gasteiger partial charge in [-0.3, -0.25) is 0 Å². The molecule has 1 aliphatic rings. The number of benzene rings is 2. The van der Waals surface area contributed by atoms with Gasteiger partial charge in [-0.2, -0.15) is 0 Å². The third-order valence-electron chi connectivity index (χ3n) is 6.51. The summed E-state index contributed by atoms with van der Waals surface area (Å²) in [6.07, 6.45) is 9.22. The topological polar surface area (TPSA) is 37.4 Å². The summed E-state index contributed by atoms with van der Waals surface area (Å²) in [7, 11) is 1.70. The molecule has 2 aromatic carbocycles. The number of anilines is 1. The van der Waals surface area contributed by atoms with Crippen molar-refractivity contribution < 1.29 is 4.74 Å². The standard InChI is InChI=1S/C26H34ClN3O/c1-3-4-15-30(20-8-5-6-9-20)16-7-14-28-26-22-12-10-19(27)17-25(22)29-24-13-11-21(31-2)18-23(24)26/h10-13,17-18,20H,3-9,14-16H2,1-2H3,(H,28,29). The second kappa shape index (κ2) is 10.5. The summed E-state index contributed by atoms with van der Waals surface area (Å²) in [5.74, 6) is 0.845. The Balaban J connectivity index is 1.53. The van der Waals surface area contributed by atoms with Crippen molar-refractivity contribution in [2.24, 2.45) is 0 Å². The molecule has 0 aliphatic heterocycles. The van der Waals surface area contributed by atoms with Gasteiger partial charge in [0.15, 0.2) is 0 Å². The van der Waals surface area contributed by atoms with Crippen LogP contribution in [0.5, 0.6) is 5.75 Å². The van der Waals surface area contributed by atoms with Crippen LogP contribution in [0.4, 0.5) is 5.69 Å². The second-order valence-electron chi connectivity index (χ2n) is 8.64. The molecule has 4 nitrogen and oxygen atoms in total. The van der Waals surface area contributed by atoms with E-state index in [1.54, 1.807) is 7.11 Å². The summed E-state index contributed by atoms with van der Waals surface area (Å²) in [5.41, 5.74) is 2.99. The van der Waals surface area contributed by atoms with Gasteiger partial charge in [-0.1, -0.05) is 37.8 Å². The van der Waals surface area contributed by atoms with Crippen molar-refractivity contribution in [1.82, 2.24) is 9.88 Å². The maximum Gasteiger partial charge on any atom is 0.119 e. The maximum atomic E-state index is 6.25. The Labute approximate surface area is 190 Å². The number of aromatic nitrogens is 1. The molecule has 1 fully saturated rings. The Morgan fingerprint density at radius 1 is 1.03 bits per heavy atom. The minimum absolute atomic E-state index is 0.710. The molecule has 0 unspecified atom stereocenters. The second-order valence-corrected chi connectivity index (χ2v) is 9.08. The highest BCUT2D eigenvalue weighted by molar-refractivity contribution is 6.31. The molecular formula is C26H34ClN3O. The van der Waals surface area contributed by atoms with Crippen LogP contribution < -0.4 is 10.1 Å². The third-order valence-corrected chi connectivity index (χ3v) is 6.74. The Morgan fingerprint density at radius 2 is 1.84 bits per heavy atom. The zero-order valence-electron chi connectivity index (χ0n) is 18.8. The molecule has 0 atom stereocenters. The Morgan fingerprint density at radius 3 is 2.61 bits per heavy atom. The van der Waals surface area contributed by atoms with E-state index in [1.807, 2.05) is 24.3 Å². The Hall–Kier alpha value is -2.04. The third kappa shape index (κ3) is 5.24. The normalized spacial score (nSPS) is 14.7. The summed E-state index contributed by atoms with van der Waals surface area (Å²) in [6, 6.07) is 12.8. The van der Waals surface area contributed by atoms with Crippen LogP contribution >= 0.6 is 11.6 Å². The van der Waals surface area contributed by atoms with E-state index in [2.05, 4.69) is 29.3 Å². The van der Waals surface area contributed by atoms with Crippen LogP contribution in [0.1, 0.15) is 51.9 Å². The Bertz CT molecular complexity index is 1020. The maximum absolute atomic E-state index is 6.25. The average molecular weight is 440 g/mol. The molecule has 1 heterocycles. The fourth-order valence-corrected chi connectivity index (χ4v) is 4.98. The van der Waals surface area contributed by atoms with E-state index in [0.717, 1.165) is 58.8 Å². The average Bonchev–Trinajstić information content (AvgIpc) is 3.32. The van der Waals surface area contributed by atoms with Crippen LogP contribution in [0.2, 0.25) is 5.02 Å². The first-order valence-corrected chi connectivity index (χ1v) is 12.1. The first kappa shape index (κ1) is 22.2. The summed E-state index contributed by atoms with van der Waals surface area (Å²) in [4.78, 5) is 7.57. The van der Waals surface area contributed by atoms with E-state index >= 15 is 0 Å². The number of unbranched alkanes of at least 4 members (excludes halogenated alkanes) is 1. The lowest BCUT2D eigenvalue weighted by atomic mass is 10.1. The lowest BCUT2D eigenvalue weighted by Crippen LogP contribution is -2.35. The van der Waals surface area contributed by atoms with Crippen LogP contribution in [-0.4, -0.2) is 42.7 Å². The van der Waals surface area contributed by atoms with Crippen molar-refractivity contribution in [2.45, 2.75) is 57.9 Å². The fourth-order valence-electron chi connectivity index (χ4n) is 4.82. The molecule has 0 spiro atoms. The van der Waals surface area contributed by atoms with E-state index in [9.17, 15) is 0 Å². The summed E-state index contributed by atoms with van der Waals surface area (Å²) in [5, 5.41) is 6.64. The fraction of sp³-hybridized carbons (Fsp3) is 0.500. The number of ether oxygens (including phenoxy) is 1. The summed E-state index contributed by atoms with van der Waals surface area (Å²) in [6.45, 7) is 5.61. The van der Waals surface area contributed by atoms with E-state index in [0.29, 0.717) is 5.02 Å². The largest absolute Gasteiger partial charge is 0.497 e. The molecule has 1 aliphatic carbocycles. The quantitative estimate of drug-likeness (QED) is 0.275. The molecule has 1 aromatic heterocycles. The van der Waals surface area contributed by atoms with Crippen molar-refractivity contribution in [1.29, 1.82) is 0 Å². The van der Waals surface area contributed by atoms with E-state index in [-0.39, 0.29) is 0 Å². The summed E-state index contributed by atoms with van der Waals surface area (Å²) < 4.78 is 5.48. The number of rotatable bonds is 10. The van der Waals surface area contributed by atoms with Gasteiger partial charge in [0.1, 0.15) is 5.75 Å². The SMILES string of the molecule is CCCCN(CCCNc1c2ccc(Cl)cc2nc2ccc(OC)cc12)C1CCCC1. The van der Waals surface area contributed by atoms with Gasteiger partial charge in [-0.25, -0.2) is 4.98 Å². The van der Waals surface area contributed by atoms with Crippen LogP contribution in [-0.2, 0) is 0 Å². The molecule has 0 radical (unpaired) electrons. The number of halogens is 1. The van der Waals surface area contributed by atoms with Crippen LogP contribution in [0.25, 0.3) is 21.8 Å².